The van der Waals surface area contributed by atoms with Crippen molar-refractivity contribution < 1.29 is 4.79 Å². The Morgan fingerprint density at radius 1 is 1.04 bits per heavy atom. The number of aryl methyl sites for hydroxylation is 1. The summed E-state index contributed by atoms with van der Waals surface area (Å²) in [5, 5.41) is 5.57. The van der Waals surface area contributed by atoms with E-state index in [-0.39, 0.29) is 11.9 Å². The van der Waals surface area contributed by atoms with Crippen molar-refractivity contribution in [1.29, 1.82) is 0 Å². The quantitative estimate of drug-likeness (QED) is 0.737. The Labute approximate surface area is 152 Å². The summed E-state index contributed by atoms with van der Waals surface area (Å²) in [5.74, 6) is 0.158. The van der Waals surface area contributed by atoms with Crippen molar-refractivity contribution in [2.24, 2.45) is 0 Å². The van der Waals surface area contributed by atoms with Gasteiger partial charge in [-0.25, -0.2) is 4.98 Å². The van der Waals surface area contributed by atoms with Crippen LogP contribution in [0.15, 0.2) is 54.2 Å². The maximum Gasteiger partial charge on any atom is 0.281 e. The summed E-state index contributed by atoms with van der Waals surface area (Å²) in [6, 6.07) is 11.8. The number of rotatable bonds is 5. The highest BCUT2D eigenvalue weighted by atomic mass is 32.1. The number of aromatic nitrogens is 2. The van der Waals surface area contributed by atoms with Gasteiger partial charge in [-0.2, -0.15) is 0 Å². The highest BCUT2D eigenvalue weighted by Gasteiger charge is 2.20. The molecule has 3 rings (SSSR count). The monoisotopic (exact) mass is 351 g/mol. The van der Waals surface area contributed by atoms with Gasteiger partial charge in [0.25, 0.3) is 5.91 Å². The van der Waals surface area contributed by atoms with E-state index in [1.807, 2.05) is 36.6 Å². The highest BCUT2D eigenvalue weighted by molar-refractivity contribution is 7.11. The molecule has 3 aromatic rings. The number of amides is 1. The number of pyridine rings is 1. The lowest BCUT2D eigenvalue weighted by Gasteiger charge is -2.19. The number of hydrogen-bond acceptors (Lipinski definition) is 4. The summed E-state index contributed by atoms with van der Waals surface area (Å²) >= 11 is 1.39. The van der Waals surface area contributed by atoms with Crippen molar-refractivity contribution >= 4 is 17.2 Å². The molecule has 0 aliphatic heterocycles. The molecule has 5 heteroatoms. The lowest BCUT2D eigenvalue weighted by atomic mass is 9.98. The number of benzene rings is 1. The van der Waals surface area contributed by atoms with Crippen LogP contribution in [0.3, 0.4) is 0 Å². The van der Waals surface area contributed by atoms with Crippen LogP contribution in [0.25, 0.3) is 0 Å². The summed E-state index contributed by atoms with van der Waals surface area (Å²) in [6.45, 7) is 6.19. The zero-order valence-electron chi connectivity index (χ0n) is 14.6. The molecule has 0 saturated heterocycles. The Hall–Kier alpha value is -2.53. The molecule has 0 saturated carbocycles. The fraction of sp³-hybridized carbons (Fsp3) is 0.250. The first-order chi connectivity index (χ1) is 12.0. The summed E-state index contributed by atoms with van der Waals surface area (Å²) in [5.41, 5.74) is 4.16. The van der Waals surface area contributed by atoms with Gasteiger partial charge in [-0.15, -0.1) is 11.3 Å². The first-order valence-corrected chi connectivity index (χ1v) is 9.15. The molecule has 0 fully saturated rings. The Kier molecular flexibility index (Phi) is 5.24. The van der Waals surface area contributed by atoms with Crippen LogP contribution in [0, 0.1) is 6.92 Å². The maximum atomic E-state index is 12.7. The number of hydrogen-bond donors (Lipinski definition) is 1. The van der Waals surface area contributed by atoms with Crippen molar-refractivity contribution in [2.75, 3.05) is 0 Å². The molecule has 0 aliphatic carbocycles. The van der Waals surface area contributed by atoms with E-state index in [1.54, 1.807) is 12.4 Å². The zero-order chi connectivity index (χ0) is 17.8. The molecule has 1 amide bonds. The molecule has 128 valence electrons. The average Bonchev–Trinajstić information content (AvgIpc) is 3.12. The summed E-state index contributed by atoms with van der Waals surface area (Å²) in [7, 11) is 0. The Morgan fingerprint density at radius 3 is 2.28 bits per heavy atom. The topological polar surface area (TPSA) is 54.9 Å². The minimum absolute atomic E-state index is 0.153. The molecule has 1 aromatic carbocycles. The van der Waals surface area contributed by atoms with Gasteiger partial charge in [0.05, 0.1) is 11.7 Å². The van der Waals surface area contributed by atoms with Crippen molar-refractivity contribution in [3.05, 3.63) is 81.6 Å². The second-order valence-corrected chi connectivity index (χ2v) is 7.19. The van der Waals surface area contributed by atoms with E-state index in [2.05, 4.69) is 41.3 Å². The molecule has 1 atom stereocenters. The largest absolute Gasteiger partial charge is 0.339 e. The number of carbonyl (C=O) groups is 1. The van der Waals surface area contributed by atoms with Gasteiger partial charge in [0, 0.05) is 17.8 Å². The van der Waals surface area contributed by atoms with Gasteiger partial charge < -0.3 is 5.32 Å². The van der Waals surface area contributed by atoms with Gasteiger partial charge in [-0.3, -0.25) is 9.78 Å². The minimum atomic E-state index is -0.234. The SMILES string of the molecule is Cc1ccc([C@H](NC(=O)c2nc(C(C)C)cs2)c2ccncc2)cc1. The fourth-order valence-electron chi connectivity index (χ4n) is 2.52. The number of nitrogens with zero attached hydrogens (tertiary/aromatic N) is 2. The predicted octanol–water partition coefficient (Wildman–Crippen LogP) is 4.49. The van der Waals surface area contributed by atoms with Crippen molar-refractivity contribution in [2.45, 2.75) is 32.7 Å². The summed E-state index contributed by atoms with van der Waals surface area (Å²) in [6.07, 6.45) is 3.48. The molecule has 0 bridgehead atoms. The molecular formula is C20H21N3OS. The first kappa shape index (κ1) is 17.3. The van der Waals surface area contributed by atoms with Crippen LogP contribution in [0.5, 0.6) is 0 Å². The zero-order valence-corrected chi connectivity index (χ0v) is 15.4. The second kappa shape index (κ2) is 7.57. The van der Waals surface area contributed by atoms with Crippen LogP contribution in [-0.4, -0.2) is 15.9 Å². The Morgan fingerprint density at radius 2 is 1.68 bits per heavy atom. The number of thiazole rings is 1. The van der Waals surface area contributed by atoms with E-state index in [1.165, 1.54) is 16.9 Å². The maximum absolute atomic E-state index is 12.7. The molecule has 2 heterocycles. The molecule has 0 unspecified atom stereocenters. The first-order valence-electron chi connectivity index (χ1n) is 8.27. The van der Waals surface area contributed by atoms with Gasteiger partial charge in [-0.1, -0.05) is 43.7 Å². The van der Waals surface area contributed by atoms with Crippen LogP contribution < -0.4 is 5.32 Å². The minimum Gasteiger partial charge on any atom is -0.339 e. The van der Waals surface area contributed by atoms with E-state index in [9.17, 15) is 4.79 Å². The third-order valence-corrected chi connectivity index (χ3v) is 4.89. The van der Waals surface area contributed by atoms with E-state index in [0.717, 1.165) is 16.8 Å². The van der Waals surface area contributed by atoms with E-state index < -0.39 is 0 Å². The Bertz CT molecular complexity index is 841. The van der Waals surface area contributed by atoms with Crippen LogP contribution in [0.4, 0.5) is 0 Å². The summed E-state index contributed by atoms with van der Waals surface area (Å²) < 4.78 is 0. The third-order valence-electron chi connectivity index (χ3n) is 4.03. The number of carbonyl (C=O) groups excluding carboxylic acids is 1. The number of nitrogens with one attached hydrogen (secondary N) is 1. The van der Waals surface area contributed by atoms with Gasteiger partial charge in [0.2, 0.25) is 0 Å². The molecule has 2 aromatic heterocycles. The van der Waals surface area contributed by atoms with Gasteiger partial charge >= 0.3 is 0 Å². The van der Waals surface area contributed by atoms with Gasteiger partial charge in [0.1, 0.15) is 0 Å². The van der Waals surface area contributed by atoms with Crippen molar-refractivity contribution in [3.63, 3.8) is 0 Å². The Balaban J connectivity index is 1.89. The molecule has 0 spiro atoms. The van der Waals surface area contributed by atoms with Gasteiger partial charge in [0.15, 0.2) is 5.01 Å². The lowest BCUT2D eigenvalue weighted by Crippen LogP contribution is -2.29. The lowest BCUT2D eigenvalue weighted by molar-refractivity contribution is 0.0942. The fourth-order valence-corrected chi connectivity index (χ4v) is 3.40. The van der Waals surface area contributed by atoms with Crippen molar-refractivity contribution in [1.82, 2.24) is 15.3 Å². The molecule has 25 heavy (non-hydrogen) atoms. The third kappa shape index (κ3) is 4.12. The van der Waals surface area contributed by atoms with Crippen LogP contribution in [-0.2, 0) is 0 Å². The van der Waals surface area contributed by atoms with Crippen LogP contribution in [0.1, 0.15) is 58.0 Å². The van der Waals surface area contributed by atoms with E-state index in [0.29, 0.717) is 10.9 Å². The van der Waals surface area contributed by atoms with E-state index in [4.69, 9.17) is 0 Å². The molecular weight excluding hydrogens is 330 g/mol. The van der Waals surface area contributed by atoms with Gasteiger partial charge in [-0.05, 0) is 36.1 Å². The average molecular weight is 351 g/mol. The predicted molar refractivity (Wildman–Crippen MR) is 101 cm³/mol. The smallest absolute Gasteiger partial charge is 0.281 e. The summed E-state index contributed by atoms with van der Waals surface area (Å²) in [4.78, 5) is 21.3. The normalized spacial score (nSPS) is 12.2. The molecule has 0 aliphatic rings. The molecule has 1 N–H and O–H groups in total. The van der Waals surface area contributed by atoms with Crippen LogP contribution in [0.2, 0.25) is 0 Å². The standard InChI is InChI=1S/C20H21N3OS/c1-13(2)17-12-25-20(22-17)19(24)23-18(16-8-10-21-11-9-16)15-6-4-14(3)5-7-15/h4-13,18H,1-3H3,(H,23,24)/t18-/m0/s1. The van der Waals surface area contributed by atoms with E-state index >= 15 is 0 Å². The molecule has 4 nitrogen and oxygen atoms in total. The second-order valence-electron chi connectivity index (χ2n) is 6.33. The highest BCUT2D eigenvalue weighted by Crippen LogP contribution is 2.24. The molecule has 0 radical (unpaired) electrons. The van der Waals surface area contributed by atoms with Crippen LogP contribution >= 0.6 is 11.3 Å². The van der Waals surface area contributed by atoms with Crippen molar-refractivity contribution in [3.8, 4) is 0 Å².